The topological polar surface area (TPSA) is 63.1 Å². The van der Waals surface area contributed by atoms with Gasteiger partial charge in [-0.1, -0.05) is 24.3 Å². The molecule has 0 aliphatic heterocycles. The van der Waals surface area contributed by atoms with E-state index in [1.54, 1.807) is 11.3 Å². The van der Waals surface area contributed by atoms with Crippen LogP contribution in [0.15, 0.2) is 54.0 Å². The van der Waals surface area contributed by atoms with Gasteiger partial charge in [0.1, 0.15) is 0 Å². The summed E-state index contributed by atoms with van der Waals surface area (Å²) in [5, 5.41) is 13.4. The number of carbonyl (C=O) groups is 1. The first-order valence-electron chi connectivity index (χ1n) is 7.61. The summed E-state index contributed by atoms with van der Waals surface area (Å²) in [4.78, 5) is 17.1. The van der Waals surface area contributed by atoms with Gasteiger partial charge in [0.2, 0.25) is 0 Å². The van der Waals surface area contributed by atoms with Crippen molar-refractivity contribution in [3.05, 3.63) is 64.6 Å². The predicted molar refractivity (Wildman–Crippen MR) is 94.4 cm³/mol. The van der Waals surface area contributed by atoms with E-state index in [4.69, 9.17) is 0 Å². The molecule has 2 aromatic heterocycles. The Labute approximate surface area is 144 Å². The second-order valence-electron chi connectivity index (χ2n) is 5.56. The van der Waals surface area contributed by atoms with Gasteiger partial charge in [-0.05, 0) is 37.7 Å². The van der Waals surface area contributed by atoms with Gasteiger partial charge in [0, 0.05) is 11.4 Å². The molecule has 0 fully saturated rings. The molecule has 0 saturated heterocycles. The molecule has 3 aromatic rings. The Bertz CT molecular complexity index is 782. The van der Waals surface area contributed by atoms with E-state index >= 15 is 0 Å². The fourth-order valence-corrected chi connectivity index (χ4v) is 3.27. The summed E-state index contributed by atoms with van der Waals surface area (Å²) in [6, 6.07) is 13.7. The Balaban J connectivity index is 1.66. The summed E-state index contributed by atoms with van der Waals surface area (Å²) in [5.74, 6) is -0.222. The van der Waals surface area contributed by atoms with Crippen molar-refractivity contribution in [2.45, 2.75) is 6.04 Å². The van der Waals surface area contributed by atoms with E-state index in [1.165, 1.54) is 15.9 Å². The van der Waals surface area contributed by atoms with Crippen LogP contribution < -0.4 is 5.32 Å². The molecule has 0 aliphatic rings. The number of benzene rings is 1. The van der Waals surface area contributed by atoms with Crippen molar-refractivity contribution < 1.29 is 4.79 Å². The lowest BCUT2D eigenvalue weighted by Gasteiger charge is -2.23. The fraction of sp³-hybridized carbons (Fsp3) is 0.235. The first-order valence-corrected chi connectivity index (χ1v) is 8.49. The highest BCUT2D eigenvalue weighted by molar-refractivity contribution is 7.10. The van der Waals surface area contributed by atoms with E-state index in [2.05, 4.69) is 26.5 Å². The third kappa shape index (κ3) is 3.69. The highest BCUT2D eigenvalue weighted by Crippen LogP contribution is 2.22. The lowest BCUT2D eigenvalue weighted by Crippen LogP contribution is -2.34. The summed E-state index contributed by atoms with van der Waals surface area (Å²) in [5.41, 5.74) is 1.13. The van der Waals surface area contributed by atoms with Crippen LogP contribution in [0.1, 0.15) is 21.4 Å². The average molecular weight is 341 g/mol. The van der Waals surface area contributed by atoms with Gasteiger partial charge in [-0.25, -0.2) is 0 Å². The van der Waals surface area contributed by atoms with Crippen molar-refractivity contribution in [1.29, 1.82) is 0 Å². The van der Waals surface area contributed by atoms with E-state index in [9.17, 15) is 4.79 Å². The fourth-order valence-electron chi connectivity index (χ4n) is 2.35. The Hall–Kier alpha value is -2.51. The number of para-hydroxylation sites is 1. The van der Waals surface area contributed by atoms with Crippen LogP contribution in [0.3, 0.4) is 0 Å². The zero-order chi connectivity index (χ0) is 16.9. The number of amides is 1. The minimum atomic E-state index is -0.222. The molecule has 24 heavy (non-hydrogen) atoms. The van der Waals surface area contributed by atoms with Crippen LogP contribution in [0.5, 0.6) is 0 Å². The number of thiophene rings is 1. The number of aromatic nitrogens is 3. The summed E-state index contributed by atoms with van der Waals surface area (Å²) >= 11 is 1.68. The normalized spacial score (nSPS) is 12.3. The van der Waals surface area contributed by atoms with Gasteiger partial charge in [0.25, 0.3) is 5.91 Å². The van der Waals surface area contributed by atoms with Crippen molar-refractivity contribution >= 4 is 17.2 Å². The number of likely N-dealkylation sites (N-methyl/N-ethyl adjacent to an activating group) is 1. The van der Waals surface area contributed by atoms with Crippen molar-refractivity contribution in [3.63, 3.8) is 0 Å². The molecule has 6 nitrogen and oxygen atoms in total. The zero-order valence-corrected chi connectivity index (χ0v) is 14.4. The van der Waals surface area contributed by atoms with Crippen LogP contribution in [-0.2, 0) is 0 Å². The van der Waals surface area contributed by atoms with Gasteiger partial charge in [-0.3, -0.25) is 4.79 Å². The van der Waals surface area contributed by atoms with Gasteiger partial charge < -0.3 is 10.2 Å². The van der Waals surface area contributed by atoms with E-state index in [0.717, 1.165) is 5.69 Å². The average Bonchev–Trinajstić information content (AvgIpc) is 3.27. The number of nitrogens with zero attached hydrogens (tertiary/aromatic N) is 4. The van der Waals surface area contributed by atoms with Crippen LogP contribution in [0.25, 0.3) is 5.69 Å². The van der Waals surface area contributed by atoms with Crippen LogP contribution in [0.4, 0.5) is 0 Å². The van der Waals surface area contributed by atoms with Gasteiger partial charge >= 0.3 is 0 Å². The lowest BCUT2D eigenvalue weighted by atomic mass is 10.2. The molecule has 0 saturated carbocycles. The second kappa shape index (κ2) is 7.37. The van der Waals surface area contributed by atoms with Crippen LogP contribution in [0, 0.1) is 0 Å². The molecule has 1 N–H and O–H groups in total. The molecular weight excluding hydrogens is 322 g/mol. The summed E-state index contributed by atoms with van der Waals surface area (Å²) in [6.45, 7) is 0.518. The number of rotatable bonds is 6. The predicted octanol–water partition coefficient (Wildman–Crippen LogP) is 2.36. The minimum absolute atomic E-state index is 0.137. The highest BCUT2D eigenvalue weighted by atomic mass is 32.1. The quantitative estimate of drug-likeness (QED) is 0.748. The first kappa shape index (κ1) is 16.4. The van der Waals surface area contributed by atoms with Crippen molar-refractivity contribution in [2.75, 3.05) is 20.6 Å². The molecular formula is C17H19N5OS. The number of nitrogens with one attached hydrogen (secondary N) is 1. The monoisotopic (exact) mass is 341 g/mol. The smallest absolute Gasteiger partial charge is 0.273 e. The molecule has 124 valence electrons. The third-order valence-electron chi connectivity index (χ3n) is 3.66. The summed E-state index contributed by atoms with van der Waals surface area (Å²) < 4.78 is 0. The van der Waals surface area contributed by atoms with E-state index in [1.807, 2.05) is 55.9 Å². The molecule has 1 atom stereocenters. The molecule has 2 heterocycles. The molecule has 0 aliphatic carbocycles. The summed E-state index contributed by atoms with van der Waals surface area (Å²) in [6.07, 6.45) is 1.48. The Morgan fingerprint density at radius 1 is 1.25 bits per heavy atom. The maximum Gasteiger partial charge on any atom is 0.273 e. The number of carbonyl (C=O) groups excluding carboxylic acids is 1. The van der Waals surface area contributed by atoms with Crippen LogP contribution in [-0.4, -0.2) is 46.4 Å². The molecule has 3 rings (SSSR count). The van der Waals surface area contributed by atoms with Gasteiger partial charge in [-0.2, -0.15) is 9.90 Å². The van der Waals surface area contributed by atoms with Gasteiger partial charge in [0.05, 0.1) is 17.9 Å². The van der Waals surface area contributed by atoms with E-state index < -0.39 is 0 Å². The SMILES string of the molecule is CN(C)C(CNC(=O)c1cnn(-c2ccccc2)n1)c1cccs1. The molecule has 7 heteroatoms. The largest absolute Gasteiger partial charge is 0.349 e. The Morgan fingerprint density at radius 2 is 2.04 bits per heavy atom. The minimum Gasteiger partial charge on any atom is -0.349 e. The number of hydrogen-bond donors (Lipinski definition) is 1. The molecule has 1 aromatic carbocycles. The molecule has 1 amide bonds. The van der Waals surface area contributed by atoms with E-state index in [0.29, 0.717) is 12.2 Å². The summed E-state index contributed by atoms with van der Waals surface area (Å²) in [7, 11) is 4.00. The Morgan fingerprint density at radius 3 is 2.71 bits per heavy atom. The lowest BCUT2D eigenvalue weighted by molar-refractivity contribution is 0.0937. The molecule has 1 unspecified atom stereocenters. The first-order chi connectivity index (χ1) is 11.6. The maximum absolute atomic E-state index is 12.3. The van der Waals surface area contributed by atoms with Gasteiger partial charge in [-0.15, -0.1) is 16.4 Å². The Kier molecular flexibility index (Phi) is 5.02. The molecule has 0 bridgehead atoms. The second-order valence-corrected chi connectivity index (χ2v) is 6.54. The highest BCUT2D eigenvalue weighted by Gasteiger charge is 2.18. The zero-order valence-electron chi connectivity index (χ0n) is 13.6. The van der Waals surface area contributed by atoms with Gasteiger partial charge in [0.15, 0.2) is 5.69 Å². The van der Waals surface area contributed by atoms with Crippen molar-refractivity contribution in [1.82, 2.24) is 25.2 Å². The number of hydrogen-bond acceptors (Lipinski definition) is 5. The van der Waals surface area contributed by atoms with E-state index in [-0.39, 0.29) is 11.9 Å². The third-order valence-corrected chi connectivity index (χ3v) is 4.64. The molecule has 0 spiro atoms. The van der Waals surface area contributed by atoms with Crippen LogP contribution in [0.2, 0.25) is 0 Å². The standard InChI is InChI=1S/C17H19N5OS/c1-21(2)15(16-9-6-10-24-16)12-18-17(23)14-11-19-22(20-14)13-7-4-3-5-8-13/h3-11,15H,12H2,1-2H3,(H,18,23). The maximum atomic E-state index is 12.3. The molecule has 0 radical (unpaired) electrons. The van der Waals surface area contributed by atoms with Crippen LogP contribution >= 0.6 is 11.3 Å². The van der Waals surface area contributed by atoms with Crippen molar-refractivity contribution in [3.8, 4) is 5.69 Å². The van der Waals surface area contributed by atoms with Crippen molar-refractivity contribution in [2.24, 2.45) is 0 Å².